The number of anilines is 1. The lowest BCUT2D eigenvalue weighted by atomic mass is 10.1. The van der Waals surface area contributed by atoms with Gasteiger partial charge in [-0.25, -0.2) is 4.98 Å². The molecule has 0 saturated heterocycles. The van der Waals surface area contributed by atoms with Crippen LogP contribution in [-0.4, -0.2) is 38.2 Å². The van der Waals surface area contributed by atoms with Gasteiger partial charge in [0.05, 0.1) is 24.8 Å². The fourth-order valence-electron chi connectivity index (χ4n) is 2.74. The number of rotatable bonds is 4. The van der Waals surface area contributed by atoms with Crippen LogP contribution in [0.5, 0.6) is 11.5 Å². The van der Waals surface area contributed by atoms with Crippen molar-refractivity contribution in [1.82, 2.24) is 10.3 Å². The van der Waals surface area contributed by atoms with Gasteiger partial charge in [-0.2, -0.15) is 0 Å². The van der Waals surface area contributed by atoms with Crippen molar-refractivity contribution in [2.75, 3.05) is 32.2 Å². The van der Waals surface area contributed by atoms with Crippen LogP contribution in [0.3, 0.4) is 0 Å². The zero-order chi connectivity index (χ0) is 17.8. The number of carbonyl (C=O) groups is 1. The zero-order valence-electron chi connectivity index (χ0n) is 14.8. The Morgan fingerprint density at radius 2 is 1.96 bits per heavy atom. The van der Waals surface area contributed by atoms with Crippen LogP contribution < -0.4 is 19.7 Å². The summed E-state index contributed by atoms with van der Waals surface area (Å²) in [5.41, 5.74) is 1.52. The number of fused-ring (bicyclic) bond motifs is 1. The van der Waals surface area contributed by atoms with Gasteiger partial charge < -0.3 is 19.7 Å². The van der Waals surface area contributed by atoms with E-state index in [9.17, 15) is 4.79 Å². The van der Waals surface area contributed by atoms with Crippen LogP contribution in [-0.2, 0) is 0 Å². The van der Waals surface area contributed by atoms with Gasteiger partial charge in [-0.1, -0.05) is 6.07 Å². The number of benzene rings is 1. The topological polar surface area (TPSA) is 63.7 Å². The number of nitrogens with zero attached hydrogens (tertiary/aromatic N) is 2. The third-order valence-electron chi connectivity index (χ3n) is 4.07. The molecule has 1 aliphatic heterocycles. The van der Waals surface area contributed by atoms with Crippen molar-refractivity contribution in [1.29, 1.82) is 0 Å². The molecular weight excluding hydrogens is 318 g/mol. The molecule has 1 amide bonds. The number of ether oxygens (including phenoxy) is 2. The molecular formula is C19H23N3O3. The van der Waals surface area contributed by atoms with E-state index >= 15 is 0 Å². The highest BCUT2D eigenvalue weighted by atomic mass is 16.5. The number of nitrogens with one attached hydrogen (secondary N) is 1. The number of hydrogen-bond donors (Lipinski definition) is 1. The number of amides is 1. The minimum atomic E-state index is -0.167. The summed E-state index contributed by atoms with van der Waals surface area (Å²) in [7, 11) is 3.73. The molecule has 1 N–H and O–H groups in total. The van der Waals surface area contributed by atoms with Gasteiger partial charge in [-0.15, -0.1) is 0 Å². The van der Waals surface area contributed by atoms with E-state index in [2.05, 4.69) is 10.3 Å². The molecule has 6 nitrogen and oxygen atoms in total. The fourth-order valence-corrected chi connectivity index (χ4v) is 2.74. The molecule has 6 heteroatoms. The van der Waals surface area contributed by atoms with Gasteiger partial charge in [0, 0.05) is 26.7 Å². The first-order chi connectivity index (χ1) is 12.1. The Morgan fingerprint density at radius 3 is 2.72 bits per heavy atom. The summed E-state index contributed by atoms with van der Waals surface area (Å²) < 4.78 is 11.4. The van der Waals surface area contributed by atoms with Gasteiger partial charge in [0.15, 0.2) is 11.5 Å². The number of hydrogen-bond acceptors (Lipinski definition) is 5. The van der Waals surface area contributed by atoms with Crippen LogP contribution in [0, 0.1) is 0 Å². The van der Waals surface area contributed by atoms with E-state index < -0.39 is 0 Å². The van der Waals surface area contributed by atoms with Crippen molar-refractivity contribution in [2.45, 2.75) is 19.4 Å². The molecule has 0 unspecified atom stereocenters. The Morgan fingerprint density at radius 1 is 1.20 bits per heavy atom. The Bertz CT molecular complexity index is 761. The third kappa shape index (κ3) is 3.84. The van der Waals surface area contributed by atoms with Crippen molar-refractivity contribution in [3.8, 4) is 11.5 Å². The van der Waals surface area contributed by atoms with Crippen LogP contribution in [0.2, 0.25) is 0 Å². The number of pyridine rings is 1. The highest BCUT2D eigenvalue weighted by Gasteiger charge is 2.18. The van der Waals surface area contributed by atoms with Gasteiger partial charge in [0.1, 0.15) is 5.82 Å². The normalized spacial score (nSPS) is 14.4. The van der Waals surface area contributed by atoms with E-state index in [-0.39, 0.29) is 11.9 Å². The van der Waals surface area contributed by atoms with Crippen molar-refractivity contribution >= 4 is 11.7 Å². The molecule has 0 fully saturated rings. The Balaban J connectivity index is 1.77. The number of aromatic nitrogens is 1. The van der Waals surface area contributed by atoms with Crippen molar-refractivity contribution in [3.63, 3.8) is 0 Å². The predicted molar refractivity (Wildman–Crippen MR) is 96.5 cm³/mol. The largest absolute Gasteiger partial charge is 0.490 e. The summed E-state index contributed by atoms with van der Waals surface area (Å²) in [4.78, 5) is 18.8. The average Bonchev–Trinajstić information content (AvgIpc) is 2.86. The maximum atomic E-state index is 12.7. The van der Waals surface area contributed by atoms with Crippen LogP contribution in [0.25, 0.3) is 0 Å². The van der Waals surface area contributed by atoms with E-state index in [0.717, 1.165) is 23.5 Å². The van der Waals surface area contributed by atoms with Crippen LogP contribution in [0.15, 0.2) is 36.5 Å². The Hall–Kier alpha value is -2.76. The van der Waals surface area contributed by atoms with Crippen LogP contribution in [0.4, 0.5) is 5.82 Å². The van der Waals surface area contributed by atoms with Crippen LogP contribution in [0.1, 0.15) is 35.3 Å². The van der Waals surface area contributed by atoms with E-state index in [1.807, 2.05) is 44.1 Å². The summed E-state index contributed by atoms with van der Waals surface area (Å²) in [5, 5.41) is 3.03. The molecule has 0 spiro atoms. The quantitative estimate of drug-likeness (QED) is 0.926. The van der Waals surface area contributed by atoms with Crippen molar-refractivity contribution in [2.24, 2.45) is 0 Å². The third-order valence-corrected chi connectivity index (χ3v) is 4.07. The van der Waals surface area contributed by atoms with Gasteiger partial charge in [-0.05, 0) is 36.8 Å². The zero-order valence-corrected chi connectivity index (χ0v) is 14.8. The lowest BCUT2D eigenvalue weighted by Gasteiger charge is -2.19. The fraction of sp³-hybridized carbons (Fsp3) is 0.368. The molecule has 0 saturated carbocycles. The van der Waals surface area contributed by atoms with Crippen molar-refractivity contribution < 1.29 is 14.3 Å². The molecule has 0 bridgehead atoms. The van der Waals surface area contributed by atoms with Gasteiger partial charge in [0.2, 0.25) is 0 Å². The molecule has 2 aromatic rings. The van der Waals surface area contributed by atoms with Crippen molar-refractivity contribution in [3.05, 3.63) is 47.7 Å². The molecule has 1 aliphatic rings. The molecule has 2 heterocycles. The first-order valence-corrected chi connectivity index (χ1v) is 8.39. The molecule has 0 radical (unpaired) electrons. The molecule has 1 aromatic heterocycles. The monoisotopic (exact) mass is 341 g/mol. The van der Waals surface area contributed by atoms with E-state index in [1.165, 1.54) is 0 Å². The average molecular weight is 341 g/mol. The molecule has 132 valence electrons. The highest BCUT2D eigenvalue weighted by molar-refractivity contribution is 5.99. The maximum absolute atomic E-state index is 12.7. The predicted octanol–water partition coefficient (Wildman–Crippen LogP) is 2.80. The van der Waals surface area contributed by atoms with E-state index in [4.69, 9.17) is 9.47 Å². The van der Waals surface area contributed by atoms with Gasteiger partial charge >= 0.3 is 0 Å². The summed E-state index contributed by atoms with van der Waals surface area (Å²) in [5.74, 6) is 1.97. The number of carbonyl (C=O) groups excluding carboxylic acids is 1. The second-order valence-corrected chi connectivity index (χ2v) is 6.22. The SMILES string of the molecule is C[C@H](NC(=O)c1cccnc1N(C)C)c1ccc2c(c1)OCCCO2. The lowest BCUT2D eigenvalue weighted by molar-refractivity contribution is 0.0940. The van der Waals surface area contributed by atoms with Crippen LogP contribution >= 0.6 is 0 Å². The minimum absolute atomic E-state index is 0.156. The standard InChI is InChI=1S/C19H23N3O3/c1-13(14-7-8-16-17(12-14)25-11-5-10-24-16)21-19(23)15-6-4-9-20-18(15)22(2)3/h4,6-9,12-13H,5,10-11H2,1-3H3,(H,21,23)/t13-/m0/s1. The summed E-state index contributed by atoms with van der Waals surface area (Å²) in [6, 6.07) is 9.16. The van der Waals surface area contributed by atoms with Gasteiger partial charge in [0.25, 0.3) is 5.91 Å². The molecule has 1 atom stereocenters. The maximum Gasteiger partial charge on any atom is 0.255 e. The lowest BCUT2D eigenvalue weighted by Crippen LogP contribution is -2.28. The molecule has 3 rings (SSSR count). The summed E-state index contributed by atoms with van der Waals surface area (Å²) in [6.45, 7) is 3.24. The summed E-state index contributed by atoms with van der Waals surface area (Å²) >= 11 is 0. The van der Waals surface area contributed by atoms with E-state index in [1.54, 1.807) is 18.3 Å². The first kappa shape index (κ1) is 17.1. The smallest absolute Gasteiger partial charge is 0.255 e. The van der Waals surface area contributed by atoms with E-state index in [0.29, 0.717) is 24.6 Å². The Labute approximate surface area is 147 Å². The molecule has 1 aromatic carbocycles. The molecule has 0 aliphatic carbocycles. The first-order valence-electron chi connectivity index (χ1n) is 8.39. The minimum Gasteiger partial charge on any atom is -0.490 e. The van der Waals surface area contributed by atoms with Gasteiger partial charge in [-0.3, -0.25) is 4.79 Å². The Kier molecular flexibility index (Phi) is 5.07. The second kappa shape index (κ2) is 7.42. The highest BCUT2D eigenvalue weighted by Crippen LogP contribution is 2.32. The second-order valence-electron chi connectivity index (χ2n) is 6.22. The summed E-state index contributed by atoms with van der Waals surface area (Å²) in [6.07, 6.45) is 2.55. The molecule has 25 heavy (non-hydrogen) atoms.